The Bertz CT molecular complexity index is 814. The average molecular weight is 383 g/mol. The molecule has 0 amide bonds. The lowest BCUT2D eigenvalue weighted by Gasteiger charge is -2.38. The summed E-state index contributed by atoms with van der Waals surface area (Å²) >= 11 is 3.50. The Kier molecular flexibility index (Phi) is 4.28. The zero-order valence-corrected chi connectivity index (χ0v) is 17.0. The third-order valence-electron chi connectivity index (χ3n) is 4.85. The summed E-state index contributed by atoms with van der Waals surface area (Å²) in [7, 11) is 0. The number of aryl methyl sites for hydroxylation is 2. The second-order valence-corrected chi connectivity index (χ2v) is 9.87. The number of hydrogen-bond donors (Lipinski definition) is 2. The molecule has 0 fully saturated rings. The van der Waals surface area contributed by atoms with Crippen molar-refractivity contribution in [3.05, 3.63) is 70.8 Å². The SMILES string of the molecule is Cc1ccc(C2=NN[C@](C)([C@@]3(C)NN=C(c4ccc(C)cc4)S3)S2)cc1. The van der Waals surface area contributed by atoms with Gasteiger partial charge in [0.2, 0.25) is 0 Å². The fourth-order valence-electron chi connectivity index (χ4n) is 2.84. The Balaban J connectivity index is 1.51. The van der Waals surface area contributed by atoms with Crippen LogP contribution in [0.4, 0.5) is 0 Å². The molecule has 0 aromatic heterocycles. The maximum atomic E-state index is 4.61. The van der Waals surface area contributed by atoms with E-state index in [1.807, 2.05) is 0 Å². The second kappa shape index (κ2) is 6.35. The highest BCUT2D eigenvalue weighted by Gasteiger charge is 2.53. The number of benzene rings is 2. The number of nitrogens with one attached hydrogen (secondary N) is 2. The van der Waals surface area contributed by atoms with Gasteiger partial charge >= 0.3 is 0 Å². The fraction of sp³-hybridized carbons (Fsp3) is 0.300. The molecule has 0 saturated carbocycles. The van der Waals surface area contributed by atoms with Gasteiger partial charge in [0.15, 0.2) is 0 Å². The molecule has 2 N–H and O–H groups in total. The molecular formula is C20H22N4S2. The Morgan fingerprint density at radius 2 is 1.00 bits per heavy atom. The van der Waals surface area contributed by atoms with E-state index in [9.17, 15) is 0 Å². The van der Waals surface area contributed by atoms with Crippen LogP contribution in [0.15, 0.2) is 58.7 Å². The highest BCUT2D eigenvalue weighted by Crippen LogP contribution is 2.48. The summed E-state index contributed by atoms with van der Waals surface area (Å²) in [5, 5.41) is 11.3. The van der Waals surface area contributed by atoms with Gasteiger partial charge in [0.25, 0.3) is 0 Å². The molecule has 0 saturated heterocycles. The zero-order valence-electron chi connectivity index (χ0n) is 15.3. The lowest BCUT2D eigenvalue weighted by atomic mass is 10.2. The molecule has 0 unspecified atom stereocenters. The lowest BCUT2D eigenvalue weighted by Crippen LogP contribution is -2.57. The molecule has 134 valence electrons. The standard InChI is InChI=1S/C20H22N4S2/c1-13-5-9-15(10-6-13)17-21-23-19(3,25-17)20(4)24-22-18(26-20)16-11-7-14(2)8-12-16/h5-12,23-24H,1-4H3/t19-,20-/m0/s1. The molecule has 2 aromatic carbocycles. The van der Waals surface area contributed by atoms with Gasteiger partial charge in [-0.15, -0.1) is 0 Å². The van der Waals surface area contributed by atoms with Crippen LogP contribution < -0.4 is 10.9 Å². The van der Waals surface area contributed by atoms with Crippen LogP contribution in [0, 0.1) is 13.8 Å². The molecule has 26 heavy (non-hydrogen) atoms. The quantitative estimate of drug-likeness (QED) is 0.824. The number of hydrogen-bond acceptors (Lipinski definition) is 6. The summed E-state index contributed by atoms with van der Waals surface area (Å²) in [5.41, 5.74) is 11.5. The van der Waals surface area contributed by atoms with Gasteiger partial charge in [0, 0.05) is 11.1 Å². The first-order valence-electron chi connectivity index (χ1n) is 8.60. The molecule has 6 heteroatoms. The normalized spacial score (nSPS) is 27.5. The predicted octanol–water partition coefficient (Wildman–Crippen LogP) is 4.43. The van der Waals surface area contributed by atoms with Crippen LogP contribution >= 0.6 is 23.5 Å². The van der Waals surface area contributed by atoms with E-state index in [0.29, 0.717) is 0 Å². The molecule has 0 spiro atoms. The van der Waals surface area contributed by atoms with E-state index >= 15 is 0 Å². The van der Waals surface area contributed by atoms with Gasteiger partial charge < -0.3 is 0 Å². The molecule has 0 aliphatic carbocycles. The summed E-state index contributed by atoms with van der Waals surface area (Å²) in [5.74, 6) is 0. The Labute approximate surface area is 162 Å². The molecule has 4 nitrogen and oxygen atoms in total. The minimum absolute atomic E-state index is 0.312. The third kappa shape index (κ3) is 3.01. The zero-order chi connectivity index (χ0) is 18.4. The van der Waals surface area contributed by atoms with Crippen LogP contribution in [0.5, 0.6) is 0 Å². The van der Waals surface area contributed by atoms with Gasteiger partial charge in [-0.05, 0) is 27.7 Å². The van der Waals surface area contributed by atoms with Crippen LogP contribution in [-0.4, -0.2) is 19.8 Å². The molecule has 2 aliphatic heterocycles. The Morgan fingerprint density at radius 3 is 1.35 bits per heavy atom. The van der Waals surface area contributed by atoms with Gasteiger partial charge in [0.1, 0.15) is 19.8 Å². The van der Waals surface area contributed by atoms with Gasteiger partial charge in [0.05, 0.1) is 0 Å². The number of thioether (sulfide) groups is 2. The van der Waals surface area contributed by atoms with E-state index in [-0.39, 0.29) is 9.74 Å². The fourth-order valence-corrected chi connectivity index (χ4v) is 5.22. The minimum Gasteiger partial charge on any atom is -0.289 e. The van der Waals surface area contributed by atoms with E-state index < -0.39 is 0 Å². The van der Waals surface area contributed by atoms with Crippen LogP contribution in [0.2, 0.25) is 0 Å². The van der Waals surface area contributed by atoms with Crippen molar-refractivity contribution in [1.82, 2.24) is 10.9 Å². The number of nitrogens with zero attached hydrogens (tertiary/aromatic N) is 2. The van der Waals surface area contributed by atoms with E-state index in [2.05, 4.69) is 97.3 Å². The van der Waals surface area contributed by atoms with Crippen LogP contribution in [-0.2, 0) is 0 Å². The largest absolute Gasteiger partial charge is 0.289 e. The average Bonchev–Trinajstić information content (AvgIpc) is 3.22. The maximum Gasteiger partial charge on any atom is 0.137 e. The van der Waals surface area contributed by atoms with Gasteiger partial charge in [-0.25, -0.2) is 0 Å². The highest BCUT2D eigenvalue weighted by molar-refractivity contribution is 8.19. The summed E-state index contributed by atoms with van der Waals surface area (Å²) in [6, 6.07) is 17.0. The number of hydrazone groups is 2. The van der Waals surface area contributed by atoms with Crippen molar-refractivity contribution in [2.24, 2.45) is 10.2 Å². The molecule has 2 aliphatic rings. The van der Waals surface area contributed by atoms with Crippen LogP contribution in [0.25, 0.3) is 0 Å². The van der Waals surface area contributed by atoms with Gasteiger partial charge in [-0.1, -0.05) is 83.2 Å². The molecule has 0 radical (unpaired) electrons. The summed E-state index contributed by atoms with van der Waals surface area (Å²) in [6.07, 6.45) is 0. The lowest BCUT2D eigenvalue weighted by molar-refractivity contribution is 0.366. The van der Waals surface area contributed by atoms with Crippen molar-refractivity contribution >= 4 is 33.6 Å². The van der Waals surface area contributed by atoms with Gasteiger partial charge in [-0.3, -0.25) is 10.9 Å². The first-order valence-corrected chi connectivity index (χ1v) is 10.2. The van der Waals surface area contributed by atoms with Crippen molar-refractivity contribution in [2.45, 2.75) is 37.4 Å². The third-order valence-corrected chi connectivity index (χ3v) is 7.84. The van der Waals surface area contributed by atoms with E-state index in [4.69, 9.17) is 0 Å². The van der Waals surface area contributed by atoms with Gasteiger partial charge in [-0.2, -0.15) is 10.2 Å². The minimum atomic E-state index is -0.312. The number of rotatable bonds is 3. The molecule has 2 heterocycles. The monoisotopic (exact) mass is 382 g/mol. The van der Waals surface area contributed by atoms with Crippen molar-refractivity contribution in [2.75, 3.05) is 0 Å². The van der Waals surface area contributed by atoms with Crippen molar-refractivity contribution in [3.8, 4) is 0 Å². The molecule has 4 rings (SSSR count). The van der Waals surface area contributed by atoms with Crippen molar-refractivity contribution < 1.29 is 0 Å². The first kappa shape index (κ1) is 17.5. The van der Waals surface area contributed by atoms with Crippen LogP contribution in [0.3, 0.4) is 0 Å². The second-order valence-electron chi connectivity index (χ2n) is 7.06. The summed E-state index contributed by atoms with van der Waals surface area (Å²) < 4.78 is 0. The highest BCUT2D eigenvalue weighted by atomic mass is 32.2. The van der Waals surface area contributed by atoms with E-state index in [0.717, 1.165) is 21.2 Å². The first-order chi connectivity index (χ1) is 12.4. The molecule has 2 atom stereocenters. The molecule has 0 bridgehead atoms. The predicted molar refractivity (Wildman–Crippen MR) is 114 cm³/mol. The van der Waals surface area contributed by atoms with Crippen molar-refractivity contribution in [3.63, 3.8) is 0 Å². The van der Waals surface area contributed by atoms with E-state index in [1.54, 1.807) is 23.5 Å². The van der Waals surface area contributed by atoms with Crippen molar-refractivity contribution in [1.29, 1.82) is 0 Å². The maximum absolute atomic E-state index is 4.61. The summed E-state index contributed by atoms with van der Waals surface area (Å²) in [6.45, 7) is 8.55. The topological polar surface area (TPSA) is 48.8 Å². The summed E-state index contributed by atoms with van der Waals surface area (Å²) in [4.78, 5) is -0.623. The molecule has 2 aromatic rings. The Hall–Kier alpha value is -1.92. The molecular weight excluding hydrogens is 360 g/mol. The smallest absolute Gasteiger partial charge is 0.137 e. The Morgan fingerprint density at radius 1 is 0.654 bits per heavy atom. The van der Waals surface area contributed by atoms with Crippen LogP contribution in [0.1, 0.15) is 36.1 Å². The van der Waals surface area contributed by atoms with E-state index in [1.165, 1.54) is 11.1 Å².